The molecule has 0 atom stereocenters. The van der Waals surface area contributed by atoms with E-state index in [0.717, 1.165) is 42.6 Å². The molecule has 1 fully saturated rings. The largest absolute Gasteiger partial charge is 0.487 e. The Balaban J connectivity index is 1.51. The van der Waals surface area contributed by atoms with Crippen LogP contribution >= 0.6 is 11.3 Å². The van der Waals surface area contributed by atoms with Crippen molar-refractivity contribution in [2.75, 3.05) is 33.2 Å². The van der Waals surface area contributed by atoms with Crippen LogP contribution in [0.1, 0.15) is 21.1 Å². The van der Waals surface area contributed by atoms with Crippen molar-refractivity contribution in [1.29, 1.82) is 0 Å². The Kier molecular flexibility index (Phi) is 5.44. The number of amides is 1. The number of aromatic nitrogens is 1. The Morgan fingerprint density at radius 3 is 2.67 bits per heavy atom. The first kappa shape index (κ1) is 16.9. The number of quaternary nitrogens is 1. The van der Waals surface area contributed by atoms with E-state index in [1.807, 2.05) is 29.4 Å². The second-order valence-corrected chi connectivity index (χ2v) is 7.12. The topological polar surface area (TPSA) is 58.9 Å². The number of nitrogens with one attached hydrogen (secondary N) is 2. The van der Waals surface area contributed by atoms with Gasteiger partial charge < -0.3 is 9.64 Å². The number of hydrogen-bond acceptors (Lipinski definition) is 5. The van der Waals surface area contributed by atoms with Crippen molar-refractivity contribution in [1.82, 2.24) is 15.4 Å². The molecule has 1 aliphatic heterocycles. The lowest BCUT2D eigenvalue weighted by atomic mass is 10.2. The summed E-state index contributed by atoms with van der Waals surface area (Å²) in [4.78, 5) is 18.1. The summed E-state index contributed by atoms with van der Waals surface area (Å²) < 4.78 is 5.70. The Hall–Kier alpha value is -1.96. The number of hydrogen-bond donors (Lipinski definition) is 2. The van der Waals surface area contributed by atoms with Crippen LogP contribution in [0.15, 0.2) is 29.6 Å². The molecule has 0 unspecified atom stereocenters. The summed E-state index contributed by atoms with van der Waals surface area (Å²) in [7, 11) is 2.17. The van der Waals surface area contributed by atoms with Crippen molar-refractivity contribution in [2.45, 2.75) is 13.5 Å². The summed E-state index contributed by atoms with van der Waals surface area (Å²) in [5.74, 6) is 0.664. The third kappa shape index (κ3) is 4.53. The summed E-state index contributed by atoms with van der Waals surface area (Å²) >= 11 is 1.61. The van der Waals surface area contributed by atoms with Gasteiger partial charge in [-0.1, -0.05) is 0 Å². The first-order valence-corrected chi connectivity index (χ1v) is 8.99. The highest BCUT2D eigenvalue weighted by atomic mass is 32.1. The Bertz CT molecular complexity index is 678. The monoisotopic (exact) mass is 347 g/mol. The Morgan fingerprint density at radius 2 is 2.04 bits per heavy atom. The predicted molar refractivity (Wildman–Crippen MR) is 93.3 cm³/mol. The molecule has 1 aromatic carbocycles. The van der Waals surface area contributed by atoms with Gasteiger partial charge in [0.05, 0.1) is 43.9 Å². The lowest BCUT2D eigenvalue weighted by molar-refractivity contribution is -0.884. The quantitative estimate of drug-likeness (QED) is 0.827. The molecule has 1 amide bonds. The number of likely N-dealkylation sites (N-methyl/N-ethyl adjacent to an activating group) is 1. The summed E-state index contributed by atoms with van der Waals surface area (Å²) in [6, 6.07) is 7.22. The van der Waals surface area contributed by atoms with Crippen molar-refractivity contribution in [3.8, 4) is 5.75 Å². The van der Waals surface area contributed by atoms with E-state index in [9.17, 15) is 4.79 Å². The zero-order chi connectivity index (χ0) is 16.9. The van der Waals surface area contributed by atoms with E-state index >= 15 is 0 Å². The molecule has 0 bridgehead atoms. The lowest BCUT2D eigenvalue weighted by Crippen LogP contribution is -3.12. The molecule has 0 aliphatic carbocycles. The van der Waals surface area contributed by atoms with Crippen LogP contribution in [0.4, 0.5) is 0 Å². The minimum Gasteiger partial charge on any atom is -0.487 e. The maximum atomic E-state index is 12.3. The van der Waals surface area contributed by atoms with Crippen molar-refractivity contribution in [2.24, 2.45) is 0 Å². The summed E-state index contributed by atoms with van der Waals surface area (Å²) in [6.07, 6.45) is 0. The van der Waals surface area contributed by atoms with Crippen LogP contribution in [0.5, 0.6) is 5.75 Å². The SMILES string of the molecule is Cc1nc(COc2ccc(C(=O)NN3CC[NH+](C)CC3)cc2)cs1. The Labute approximate surface area is 146 Å². The van der Waals surface area contributed by atoms with E-state index in [4.69, 9.17) is 4.74 Å². The second kappa shape index (κ2) is 7.74. The van der Waals surface area contributed by atoms with Gasteiger partial charge in [0.1, 0.15) is 12.4 Å². The number of benzene rings is 1. The molecule has 6 nitrogen and oxygen atoms in total. The Morgan fingerprint density at radius 1 is 1.33 bits per heavy atom. The molecule has 3 rings (SSSR count). The first-order valence-electron chi connectivity index (χ1n) is 8.11. The van der Waals surface area contributed by atoms with Crippen LogP contribution < -0.4 is 15.1 Å². The van der Waals surface area contributed by atoms with Crippen LogP contribution in [0.3, 0.4) is 0 Å². The van der Waals surface area contributed by atoms with E-state index in [-0.39, 0.29) is 5.91 Å². The van der Waals surface area contributed by atoms with E-state index in [0.29, 0.717) is 12.2 Å². The average molecular weight is 347 g/mol. The summed E-state index contributed by atoms with van der Waals surface area (Å²) in [5.41, 5.74) is 4.53. The molecular weight excluding hydrogens is 324 g/mol. The molecule has 1 saturated heterocycles. The molecule has 2 aromatic rings. The van der Waals surface area contributed by atoms with E-state index in [2.05, 4.69) is 17.5 Å². The highest BCUT2D eigenvalue weighted by Gasteiger charge is 2.18. The van der Waals surface area contributed by atoms with Gasteiger partial charge >= 0.3 is 0 Å². The van der Waals surface area contributed by atoms with Gasteiger partial charge in [-0.3, -0.25) is 10.2 Å². The van der Waals surface area contributed by atoms with Gasteiger partial charge in [0.25, 0.3) is 5.91 Å². The second-order valence-electron chi connectivity index (χ2n) is 6.06. The smallest absolute Gasteiger partial charge is 0.265 e. The van der Waals surface area contributed by atoms with Gasteiger partial charge in [-0.05, 0) is 31.2 Å². The van der Waals surface area contributed by atoms with Gasteiger partial charge in [-0.2, -0.15) is 0 Å². The van der Waals surface area contributed by atoms with Crippen LogP contribution in [-0.4, -0.2) is 49.1 Å². The maximum Gasteiger partial charge on any atom is 0.265 e. The van der Waals surface area contributed by atoms with Crippen LogP contribution in [0, 0.1) is 6.92 Å². The number of ether oxygens (including phenoxy) is 1. The highest BCUT2D eigenvalue weighted by molar-refractivity contribution is 7.09. The standard InChI is InChI=1S/C17H22N4O2S/c1-13-18-15(12-24-13)11-23-16-5-3-14(4-6-16)17(22)19-21-9-7-20(2)8-10-21/h3-6,12H,7-11H2,1-2H3,(H,19,22)/p+1. The molecule has 128 valence electrons. The average Bonchev–Trinajstić information content (AvgIpc) is 3.01. The number of piperazine rings is 1. The molecule has 24 heavy (non-hydrogen) atoms. The zero-order valence-electron chi connectivity index (χ0n) is 14.0. The van der Waals surface area contributed by atoms with Gasteiger partial charge in [0.15, 0.2) is 0 Å². The fourth-order valence-electron chi connectivity index (χ4n) is 2.54. The van der Waals surface area contributed by atoms with Gasteiger partial charge in [-0.25, -0.2) is 9.99 Å². The molecule has 1 aromatic heterocycles. The fraction of sp³-hybridized carbons (Fsp3) is 0.412. The van der Waals surface area contributed by atoms with Crippen LogP contribution in [0.2, 0.25) is 0 Å². The van der Waals surface area contributed by atoms with E-state index in [1.165, 1.54) is 4.90 Å². The van der Waals surface area contributed by atoms with Crippen LogP contribution in [-0.2, 0) is 6.61 Å². The number of rotatable bonds is 5. The third-order valence-corrected chi connectivity index (χ3v) is 4.87. The number of aryl methyl sites for hydroxylation is 1. The van der Waals surface area contributed by atoms with Crippen molar-refractivity contribution in [3.63, 3.8) is 0 Å². The molecule has 2 heterocycles. The molecule has 2 N–H and O–H groups in total. The highest BCUT2D eigenvalue weighted by Crippen LogP contribution is 2.15. The fourth-order valence-corrected chi connectivity index (χ4v) is 3.14. The van der Waals surface area contributed by atoms with Crippen molar-refractivity contribution < 1.29 is 14.4 Å². The molecule has 1 aliphatic rings. The molecule has 7 heteroatoms. The lowest BCUT2D eigenvalue weighted by Gasteiger charge is -2.30. The minimum atomic E-state index is -0.0729. The van der Waals surface area contributed by atoms with Crippen molar-refractivity contribution >= 4 is 17.2 Å². The van der Waals surface area contributed by atoms with E-state index < -0.39 is 0 Å². The van der Waals surface area contributed by atoms with Crippen LogP contribution in [0.25, 0.3) is 0 Å². The third-order valence-electron chi connectivity index (χ3n) is 4.05. The maximum absolute atomic E-state index is 12.3. The van der Waals surface area contributed by atoms with Gasteiger partial charge in [0.2, 0.25) is 0 Å². The first-order chi connectivity index (χ1) is 11.6. The summed E-state index contributed by atoms with van der Waals surface area (Å²) in [6.45, 7) is 6.27. The van der Waals surface area contributed by atoms with Gasteiger partial charge in [-0.15, -0.1) is 11.3 Å². The number of nitrogens with zero attached hydrogens (tertiary/aromatic N) is 2. The predicted octanol–water partition coefficient (Wildman–Crippen LogP) is 0.506. The molecule has 0 radical (unpaired) electrons. The number of carbonyl (C=O) groups excluding carboxylic acids is 1. The van der Waals surface area contributed by atoms with E-state index in [1.54, 1.807) is 23.5 Å². The zero-order valence-corrected chi connectivity index (χ0v) is 14.9. The van der Waals surface area contributed by atoms with Crippen molar-refractivity contribution in [3.05, 3.63) is 45.9 Å². The minimum absolute atomic E-state index is 0.0729. The number of hydrazine groups is 1. The number of thiazole rings is 1. The molecule has 0 spiro atoms. The molecule has 0 saturated carbocycles. The summed E-state index contributed by atoms with van der Waals surface area (Å²) in [5, 5.41) is 5.02. The van der Waals surface area contributed by atoms with Gasteiger partial charge in [0, 0.05) is 10.9 Å². The normalized spacial score (nSPS) is 16.1. The number of carbonyl (C=O) groups is 1. The molecular formula is C17H23N4O2S+.